The summed E-state index contributed by atoms with van der Waals surface area (Å²) in [7, 11) is 0. The Balaban J connectivity index is 2.68. The molecule has 0 saturated heterocycles. The van der Waals surface area contributed by atoms with Crippen LogP contribution in [-0.2, 0) is 11.2 Å². The Kier molecular flexibility index (Phi) is 5.16. The molecule has 0 bridgehead atoms. The Morgan fingerprint density at radius 1 is 1.12 bits per heavy atom. The van der Waals surface area contributed by atoms with Crippen LogP contribution in [0.1, 0.15) is 36.1 Å². The summed E-state index contributed by atoms with van der Waals surface area (Å²) in [6.45, 7) is 10.7. The Hall–Kier alpha value is -0.860. The molecule has 1 atom stereocenters. The van der Waals surface area contributed by atoms with E-state index < -0.39 is 6.10 Å². The lowest BCUT2D eigenvalue weighted by Gasteiger charge is -2.17. The maximum absolute atomic E-state index is 9.94. The quantitative estimate of drug-likeness (QED) is 0.851. The molecule has 0 aliphatic rings. The fraction of sp³-hybridized carbons (Fsp3) is 0.600. The van der Waals surface area contributed by atoms with Crippen LogP contribution in [0.25, 0.3) is 0 Å². The Bertz CT molecular complexity index is 346. The Morgan fingerprint density at radius 3 is 2.12 bits per heavy atom. The molecule has 17 heavy (non-hydrogen) atoms. The third-order valence-electron chi connectivity index (χ3n) is 2.90. The molecular weight excluding hydrogens is 212 g/mol. The highest BCUT2D eigenvalue weighted by molar-refractivity contribution is 5.37. The molecule has 1 rings (SSSR count). The predicted molar refractivity (Wildman–Crippen MR) is 71.5 cm³/mol. The van der Waals surface area contributed by atoms with E-state index in [1.165, 1.54) is 22.3 Å². The molecule has 0 saturated carbocycles. The van der Waals surface area contributed by atoms with E-state index in [0.29, 0.717) is 13.0 Å². The first-order chi connectivity index (χ1) is 7.90. The van der Waals surface area contributed by atoms with Gasteiger partial charge in [-0.05, 0) is 51.3 Å². The van der Waals surface area contributed by atoms with Crippen LogP contribution < -0.4 is 0 Å². The summed E-state index contributed by atoms with van der Waals surface area (Å²) in [5, 5.41) is 9.94. The van der Waals surface area contributed by atoms with Gasteiger partial charge in [0.25, 0.3) is 0 Å². The predicted octanol–water partition coefficient (Wildman–Crippen LogP) is 2.94. The van der Waals surface area contributed by atoms with Crippen LogP contribution in [0.4, 0.5) is 0 Å². The zero-order valence-corrected chi connectivity index (χ0v) is 11.6. The van der Waals surface area contributed by atoms with Crippen molar-refractivity contribution in [3.63, 3.8) is 0 Å². The molecule has 0 amide bonds. The fourth-order valence-corrected chi connectivity index (χ4v) is 2.13. The van der Waals surface area contributed by atoms with Gasteiger partial charge in [-0.3, -0.25) is 0 Å². The zero-order valence-electron chi connectivity index (χ0n) is 11.6. The van der Waals surface area contributed by atoms with Crippen LogP contribution in [-0.4, -0.2) is 23.9 Å². The van der Waals surface area contributed by atoms with Gasteiger partial charge in [0.2, 0.25) is 0 Å². The number of aryl methyl sites for hydroxylation is 3. The topological polar surface area (TPSA) is 29.5 Å². The van der Waals surface area contributed by atoms with E-state index in [0.717, 1.165) is 0 Å². The van der Waals surface area contributed by atoms with Gasteiger partial charge in [0.1, 0.15) is 0 Å². The van der Waals surface area contributed by atoms with Gasteiger partial charge in [-0.25, -0.2) is 0 Å². The third kappa shape index (κ3) is 4.49. The molecular formula is C15H24O2. The van der Waals surface area contributed by atoms with Crippen molar-refractivity contribution < 1.29 is 9.84 Å². The number of aliphatic hydroxyl groups excluding tert-OH is 1. The maximum atomic E-state index is 9.94. The van der Waals surface area contributed by atoms with E-state index in [1.807, 2.05) is 13.8 Å². The van der Waals surface area contributed by atoms with E-state index in [1.54, 1.807) is 0 Å². The second kappa shape index (κ2) is 6.18. The van der Waals surface area contributed by atoms with Crippen molar-refractivity contribution in [2.24, 2.45) is 0 Å². The highest BCUT2D eigenvalue weighted by Crippen LogP contribution is 2.18. The molecule has 0 aliphatic heterocycles. The number of benzene rings is 1. The lowest BCUT2D eigenvalue weighted by molar-refractivity contribution is 0.00611. The third-order valence-corrected chi connectivity index (χ3v) is 2.90. The molecule has 1 N–H and O–H groups in total. The van der Waals surface area contributed by atoms with Crippen LogP contribution in [0.15, 0.2) is 12.1 Å². The van der Waals surface area contributed by atoms with Crippen LogP contribution in [0.2, 0.25) is 0 Å². The lowest BCUT2D eigenvalue weighted by atomic mass is 9.95. The first kappa shape index (κ1) is 14.2. The van der Waals surface area contributed by atoms with Crippen molar-refractivity contribution in [3.8, 4) is 0 Å². The Labute approximate surface area is 105 Å². The second-order valence-electron chi connectivity index (χ2n) is 5.12. The van der Waals surface area contributed by atoms with Gasteiger partial charge in [-0.1, -0.05) is 17.7 Å². The molecule has 1 aromatic rings. The summed E-state index contributed by atoms with van der Waals surface area (Å²) >= 11 is 0. The minimum absolute atomic E-state index is 0.171. The van der Waals surface area contributed by atoms with Crippen molar-refractivity contribution in [2.45, 2.75) is 53.2 Å². The van der Waals surface area contributed by atoms with Gasteiger partial charge in [0.15, 0.2) is 0 Å². The second-order valence-corrected chi connectivity index (χ2v) is 5.12. The molecule has 0 heterocycles. The molecule has 2 nitrogen and oxygen atoms in total. The monoisotopic (exact) mass is 236 g/mol. The smallest absolute Gasteiger partial charge is 0.0814 e. The molecule has 1 unspecified atom stereocenters. The number of hydrogen-bond donors (Lipinski definition) is 1. The standard InChI is InChI=1S/C15H24O2/c1-10(2)17-9-14(16)8-15-12(4)6-11(3)7-13(15)5/h6-7,10,14,16H,8-9H2,1-5H3. The van der Waals surface area contributed by atoms with E-state index in [9.17, 15) is 5.11 Å². The van der Waals surface area contributed by atoms with Gasteiger partial charge in [-0.15, -0.1) is 0 Å². The highest BCUT2D eigenvalue weighted by atomic mass is 16.5. The first-order valence-electron chi connectivity index (χ1n) is 6.26. The fourth-order valence-electron chi connectivity index (χ4n) is 2.13. The molecule has 0 aliphatic carbocycles. The van der Waals surface area contributed by atoms with Crippen molar-refractivity contribution in [3.05, 3.63) is 34.4 Å². The van der Waals surface area contributed by atoms with Gasteiger partial charge < -0.3 is 9.84 Å². The molecule has 96 valence electrons. The molecule has 0 fully saturated rings. The summed E-state index contributed by atoms with van der Waals surface area (Å²) in [5.41, 5.74) is 5.03. The van der Waals surface area contributed by atoms with Crippen molar-refractivity contribution in [2.75, 3.05) is 6.61 Å². The summed E-state index contributed by atoms with van der Waals surface area (Å²) in [5.74, 6) is 0. The summed E-state index contributed by atoms with van der Waals surface area (Å²) in [6.07, 6.45) is 0.423. The minimum atomic E-state index is -0.419. The van der Waals surface area contributed by atoms with Crippen LogP contribution in [0, 0.1) is 20.8 Å². The van der Waals surface area contributed by atoms with Crippen LogP contribution >= 0.6 is 0 Å². The SMILES string of the molecule is Cc1cc(C)c(CC(O)COC(C)C)c(C)c1. The Morgan fingerprint density at radius 2 is 1.65 bits per heavy atom. The van der Waals surface area contributed by atoms with Crippen LogP contribution in [0.5, 0.6) is 0 Å². The molecule has 2 heteroatoms. The normalized spacial score (nSPS) is 13.1. The summed E-state index contributed by atoms with van der Waals surface area (Å²) in [6, 6.07) is 4.33. The van der Waals surface area contributed by atoms with E-state index >= 15 is 0 Å². The van der Waals surface area contributed by atoms with Gasteiger partial charge in [0, 0.05) is 6.42 Å². The molecule has 0 radical (unpaired) electrons. The number of rotatable bonds is 5. The van der Waals surface area contributed by atoms with E-state index in [2.05, 4.69) is 32.9 Å². The molecule has 1 aromatic carbocycles. The summed E-state index contributed by atoms with van der Waals surface area (Å²) in [4.78, 5) is 0. The number of hydrogen-bond acceptors (Lipinski definition) is 2. The lowest BCUT2D eigenvalue weighted by Crippen LogP contribution is -2.21. The maximum Gasteiger partial charge on any atom is 0.0814 e. The number of aliphatic hydroxyl groups is 1. The molecule has 0 spiro atoms. The highest BCUT2D eigenvalue weighted by Gasteiger charge is 2.11. The van der Waals surface area contributed by atoms with E-state index in [4.69, 9.17) is 4.74 Å². The average Bonchev–Trinajstić information content (AvgIpc) is 2.20. The molecule has 0 aromatic heterocycles. The average molecular weight is 236 g/mol. The van der Waals surface area contributed by atoms with Crippen LogP contribution in [0.3, 0.4) is 0 Å². The van der Waals surface area contributed by atoms with Crippen molar-refractivity contribution in [1.29, 1.82) is 0 Å². The van der Waals surface area contributed by atoms with Gasteiger partial charge in [-0.2, -0.15) is 0 Å². The minimum Gasteiger partial charge on any atom is -0.390 e. The first-order valence-corrected chi connectivity index (χ1v) is 6.26. The summed E-state index contributed by atoms with van der Waals surface area (Å²) < 4.78 is 5.43. The largest absolute Gasteiger partial charge is 0.390 e. The zero-order chi connectivity index (χ0) is 13.0. The van der Waals surface area contributed by atoms with Crippen molar-refractivity contribution in [1.82, 2.24) is 0 Å². The van der Waals surface area contributed by atoms with Crippen molar-refractivity contribution >= 4 is 0 Å². The van der Waals surface area contributed by atoms with Gasteiger partial charge in [0.05, 0.1) is 18.8 Å². The number of ether oxygens (including phenoxy) is 1. The van der Waals surface area contributed by atoms with Gasteiger partial charge >= 0.3 is 0 Å². The van der Waals surface area contributed by atoms with E-state index in [-0.39, 0.29) is 6.10 Å².